The summed E-state index contributed by atoms with van der Waals surface area (Å²) >= 11 is 8.26. The van der Waals surface area contributed by atoms with E-state index in [4.69, 9.17) is 11.6 Å². The molecule has 18 heavy (non-hydrogen) atoms. The van der Waals surface area contributed by atoms with Gasteiger partial charge in [0.05, 0.1) is 10.7 Å². The number of hydrogen-bond donors (Lipinski definition) is 3. The molecule has 0 saturated heterocycles. The maximum Gasteiger partial charge on any atom is 0.162 e. The molecule has 0 aliphatic rings. The van der Waals surface area contributed by atoms with Crippen LogP contribution in [0, 0.1) is 3.57 Å². The van der Waals surface area contributed by atoms with Gasteiger partial charge in [0.15, 0.2) is 11.5 Å². The minimum Gasteiger partial charge on any atom is -0.504 e. The second kappa shape index (κ2) is 5.67. The summed E-state index contributed by atoms with van der Waals surface area (Å²) in [7, 11) is 0. The Morgan fingerprint density at radius 1 is 1.17 bits per heavy atom. The van der Waals surface area contributed by atoms with Crippen LogP contribution < -0.4 is 5.32 Å². The van der Waals surface area contributed by atoms with Crippen molar-refractivity contribution in [3.05, 3.63) is 50.6 Å². The third-order valence-electron chi connectivity index (χ3n) is 2.50. The van der Waals surface area contributed by atoms with Crippen LogP contribution in [0.5, 0.6) is 11.5 Å². The third kappa shape index (κ3) is 3.00. The molecule has 0 spiro atoms. The molecule has 94 valence electrons. The van der Waals surface area contributed by atoms with Gasteiger partial charge in [-0.2, -0.15) is 0 Å². The molecule has 2 rings (SSSR count). The Balaban J connectivity index is 2.16. The smallest absolute Gasteiger partial charge is 0.162 e. The van der Waals surface area contributed by atoms with E-state index < -0.39 is 0 Å². The molecule has 3 nitrogen and oxygen atoms in total. The quantitative estimate of drug-likeness (QED) is 0.562. The lowest BCUT2D eigenvalue weighted by molar-refractivity contribution is 0.400. The van der Waals surface area contributed by atoms with Gasteiger partial charge >= 0.3 is 0 Å². The molecule has 0 saturated carbocycles. The Hall–Kier alpha value is -1.14. The second-order valence-electron chi connectivity index (χ2n) is 3.76. The number of hydrogen-bond acceptors (Lipinski definition) is 3. The van der Waals surface area contributed by atoms with Crippen molar-refractivity contribution in [2.24, 2.45) is 0 Å². The zero-order valence-electron chi connectivity index (χ0n) is 9.32. The number of aromatic hydroxyl groups is 2. The van der Waals surface area contributed by atoms with Crippen LogP contribution in [0.15, 0.2) is 36.4 Å². The summed E-state index contributed by atoms with van der Waals surface area (Å²) < 4.78 is 1.07. The molecule has 0 aliphatic heterocycles. The van der Waals surface area contributed by atoms with Crippen LogP contribution in [0.25, 0.3) is 0 Å². The predicted molar refractivity (Wildman–Crippen MR) is 81.3 cm³/mol. The molecular formula is C13H11ClINO2. The second-order valence-corrected chi connectivity index (χ2v) is 5.42. The van der Waals surface area contributed by atoms with Gasteiger partial charge in [-0.1, -0.05) is 23.7 Å². The Morgan fingerprint density at radius 2 is 1.94 bits per heavy atom. The number of phenols is 2. The first-order chi connectivity index (χ1) is 8.58. The Bertz CT molecular complexity index is 573. The monoisotopic (exact) mass is 375 g/mol. The van der Waals surface area contributed by atoms with E-state index in [1.807, 2.05) is 18.2 Å². The first kappa shape index (κ1) is 13.3. The van der Waals surface area contributed by atoms with Gasteiger partial charge in [0, 0.05) is 15.7 Å². The molecule has 0 atom stereocenters. The number of nitrogens with one attached hydrogen (secondary N) is 1. The summed E-state index contributed by atoms with van der Waals surface area (Å²) in [5.41, 5.74) is 1.41. The number of halogens is 2. The van der Waals surface area contributed by atoms with Crippen molar-refractivity contribution in [1.82, 2.24) is 0 Å². The zero-order chi connectivity index (χ0) is 13.1. The van der Waals surface area contributed by atoms with E-state index in [2.05, 4.69) is 27.9 Å². The number of benzene rings is 2. The standard InChI is InChI=1S/C13H11ClINO2/c14-10-5-4-9(15)6-11(10)16-7-8-2-1-3-12(17)13(8)18/h1-6,16-18H,7H2. The summed E-state index contributed by atoms with van der Waals surface area (Å²) in [5.74, 6) is -0.227. The molecule has 0 bridgehead atoms. The van der Waals surface area contributed by atoms with Crippen LogP contribution in [0.4, 0.5) is 5.69 Å². The van der Waals surface area contributed by atoms with Crippen molar-refractivity contribution in [3.8, 4) is 11.5 Å². The Labute approximate surface area is 124 Å². The summed E-state index contributed by atoms with van der Waals surface area (Å²) in [5, 5.41) is 22.8. The summed E-state index contributed by atoms with van der Waals surface area (Å²) in [6.45, 7) is 0.389. The minimum absolute atomic E-state index is 0.105. The number of phenolic OH excluding ortho intramolecular Hbond substituents is 2. The first-order valence-corrected chi connectivity index (χ1v) is 6.72. The normalized spacial score (nSPS) is 10.3. The van der Waals surface area contributed by atoms with Crippen molar-refractivity contribution < 1.29 is 10.2 Å². The van der Waals surface area contributed by atoms with Crippen molar-refractivity contribution in [1.29, 1.82) is 0 Å². The summed E-state index contributed by atoms with van der Waals surface area (Å²) in [6, 6.07) is 10.5. The van der Waals surface area contributed by atoms with Gasteiger partial charge in [0.2, 0.25) is 0 Å². The molecule has 0 radical (unpaired) electrons. The van der Waals surface area contributed by atoms with E-state index in [0.29, 0.717) is 17.1 Å². The largest absolute Gasteiger partial charge is 0.504 e. The van der Waals surface area contributed by atoms with Crippen molar-refractivity contribution >= 4 is 39.9 Å². The molecule has 3 N–H and O–H groups in total. The van der Waals surface area contributed by atoms with Crippen LogP contribution in [-0.4, -0.2) is 10.2 Å². The van der Waals surface area contributed by atoms with Gasteiger partial charge in [-0.25, -0.2) is 0 Å². The average Bonchev–Trinajstić information content (AvgIpc) is 2.35. The lowest BCUT2D eigenvalue weighted by atomic mass is 10.2. The van der Waals surface area contributed by atoms with Gasteiger partial charge in [-0.15, -0.1) is 0 Å². The Kier molecular flexibility index (Phi) is 4.19. The number of anilines is 1. The summed E-state index contributed by atoms with van der Waals surface area (Å²) in [4.78, 5) is 0. The molecule has 0 fully saturated rings. The van der Waals surface area contributed by atoms with Gasteiger partial charge in [-0.3, -0.25) is 0 Å². The van der Waals surface area contributed by atoms with E-state index in [1.54, 1.807) is 12.1 Å². The molecule has 5 heteroatoms. The third-order valence-corrected chi connectivity index (χ3v) is 3.50. The first-order valence-electron chi connectivity index (χ1n) is 5.26. The molecule has 0 aliphatic carbocycles. The van der Waals surface area contributed by atoms with E-state index in [0.717, 1.165) is 9.26 Å². The van der Waals surface area contributed by atoms with Crippen molar-refractivity contribution in [2.45, 2.75) is 6.54 Å². The van der Waals surface area contributed by atoms with Gasteiger partial charge in [-0.05, 0) is 46.9 Å². The molecule has 2 aromatic rings. The molecule has 0 heterocycles. The van der Waals surface area contributed by atoms with E-state index in [9.17, 15) is 10.2 Å². The number of para-hydroxylation sites is 1. The highest BCUT2D eigenvalue weighted by Crippen LogP contribution is 2.30. The van der Waals surface area contributed by atoms with Crippen LogP contribution in [0.2, 0.25) is 5.02 Å². The SMILES string of the molecule is Oc1cccc(CNc2cc(I)ccc2Cl)c1O. The van der Waals surface area contributed by atoms with Crippen molar-refractivity contribution in [3.63, 3.8) is 0 Å². The lowest BCUT2D eigenvalue weighted by Crippen LogP contribution is -2.00. The molecule has 0 aromatic heterocycles. The lowest BCUT2D eigenvalue weighted by Gasteiger charge is -2.10. The molecule has 2 aromatic carbocycles. The highest BCUT2D eigenvalue weighted by molar-refractivity contribution is 14.1. The molecule has 0 unspecified atom stereocenters. The van der Waals surface area contributed by atoms with Crippen molar-refractivity contribution in [2.75, 3.05) is 5.32 Å². The van der Waals surface area contributed by atoms with Gasteiger partial charge in [0.1, 0.15) is 0 Å². The van der Waals surface area contributed by atoms with Gasteiger partial charge < -0.3 is 15.5 Å². The number of rotatable bonds is 3. The molecule has 0 amide bonds. The fraction of sp³-hybridized carbons (Fsp3) is 0.0769. The fourth-order valence-corrected chi connectivity index (χ4v) is 2.22. The maximum atomic E-state index is 9.67. The van der Waals surface area contributed by atoms with Crippen LogP contribution in [0.1, 0.15) is 5.56 Å². The highest BCUT2D eigenvalue weighted by Gasteiger charge is 2.06. The van der Waals surface area contributed by atoms with Crippen LogP contribution >= 0.6 is 34.2 Å². The summed E-state index contributed by atoms with van der Waals surface area (Å²) in [6.07, 6.45) is 0. The maximum absolute atomic E-state index is 9.67. The van der Waals surface area contributed by atoms with E-state index >= 15 is 0 Å². The van der Waals surface area contributed by atoms with E-state index in [-0.39, 0.29) is 11.5 Å². The average molecular weight is 376 g/mol. The topological polar surface area (TPSA) is 52.5 Å². The van der Waals surface area contributed by atoms with Gasteiger partial charge in [0.25, 0.3) is 0 Å². The molecular weight excluding hydrogens is 365 g/mol. The van der Waals surface area contributed by atoms with Crippen LogP contribution in [-0.2, 0) is 6.54 Å². The predicted octanol–water partition coefficient (Wildman–Crippen LogP) is 3.97. The highest BCUT2D eigenvalue weighted by atomic mass is 127. The van der Waals surface area contributed by atoms with Crippen LogP contribution in [0.3, 0.4) is 0 Å². The fourth-order valence-electron chi connectivity index (χ4n) is 1.54. The Morgan fingerprint density at radius 3 is 2.72 bits per heavy atom. The van der Waals surface area contributed by atoms with E-state index in [1.165, 1.54) is 6.07 Å². The minimum atomic E-state index is -0.122. The zero-order valence-corrected chi connectivity index (χ0v) is 12.2.